The lowest BCUT2D eigenvalue weighted by Crippen LogP contribution is -2.55. The molecule has 8 aromatic rings. The van der Waals surface area contributed by atoms with E-state index in [0.29, 0.717) is 11.8 Å². The van der Waals surface area contributed by atoms with Crippen LogP contribution >= 0.6 is 0 Å². The van der Waals surface area contributed by atoms with Gasteiger partial charge in [-0.3, -0.25) is 0 Å². The molecule has 0 saturated heterocycles. The van der Waals surface area contributed by atoms with Crippen LogP contribution in [0.2, 0.25) is 0 Å². The van der Waals surface area contributed by atoms with Gasteiger partial charge in [0.25, 0.3) is 0 Å². The number of anilines is 3. The predicted molar refractivity (Wildman–Crippen MR) is 273 cm³/mol. The molecule has 2 heteroatoms. The average molecular weight is 853 g/mol. The number of aromatic nitrogens is 1. The summed E-state index contributed by atoms with van der Waals surface area (Å²) in [5.41, 5.74) is 19.7. The first kappa shape index (κ1) is 37.8. The number of allylic oxidation sites excluding steroid dienone is 4. The van der Waals surface area contributed by atoms with Gasteiger partial charge in [0.15, 0.2) is 0 Å². The number of hydrogen-bond donors (Lipinski definition) is 0. The Morgan fingerprint density at radius 3 is 1.97 bits per heavy atom. The molecule has 5 fully saturated rings. The minimum atomic E-state index is 0.115. The van der Waals surface area contributed by atoms with Crippen LogP contribution in [0.5, 0.6) is 0 Å². The first-order valence-electron chi connectivity index (χ1n) is 25.4. The second-order valence-corrected chi connectivity index (χ2v) is 21.6. The summed E-state index contributed by atoms with van der Waals surface area (Å²) in [6.07, 6.45) is 23.4. The van der Waals surface area contributed by atoms with Crippen LogP contribution in [-0.4, -0.2) is 4.57 Å². The van der Waals surface area contributed by atoms with Crippen LogP contribution in [0.1, 0.15) is 92.4 Å². The van der Waals surface area contributed by atoms with Crippen molar-refractivity contribution in [2.24, 2.45) is 29.6 Å². The molecule has 2 nitrogen and oxygen atoms in total. The molecule has 0 radical (unpaired) electrons. The average Bonchev–Trinajstić information content (AvgIpc) is 3.95. The maximum Gasteiger partial charge on any atom is 0.0547 e. The zero-order valence-electron chi connectivity index (χ0n) is 37.8. The number of hydrogen-bond acceptors (Lipinski definition) is 1. The van der Waals surface area contributed by atoms with Crippen molar-refractivity contribution in [3.8, 4) is 27.9 Å². The van der Waals surface area contributed by atoms with Gasteiger partial charge in [0, 0.05) is 50.3 Å². The summed E-state index contributed by atoms with van der Waals surface area (Å²) in [6, 6.07) is 61.2. The normalized spacial score (nSPS) is 26.8. The van der Waals surface area contributed by atoms with Crippen molar-refractivity contribution >= 4 is 38.9 Å². The van der Waals surface area contributed by atoms with Crippen LogP contribution < -0.4 is 4.90 Å². The van der Waals surface area contributed by atoms with Crippen molar-refractivity contribution in [3.05, 3.63) is 204 Å². The van der Waals surface area contributed by atoms with E-state index in [-0.39, 0.29) is 10.8 Å². The molecule has 0 amide bonds. The summed E-state index contributed by atoms with van der Waals surface area (Å²) in [7, 11) is 0. The fraction of sp³-hybridized carbons (Fsp3) is 0.281. The summed E-state index contributed by atoms with van der Waals surface area (Å²) >= 11 is 0. The van der Waals surface area contributed by atoms with Crippen LogP contribution in [0.15, 0.2) is 182 Å². The first-order valence-corrected chi connectivity index (χ1v) is 25.4. The fourth-order valence-corrected chi connectivity index (χ4v) is 16.4. The molecule has 1 heterocycles. The van der Waals surface area contributed by atoms with E-state index in [9.17, 15) is 0 Å². The smallest absolute Gasteiger partial charge is 0.0547 e. The Hall–Kier alpha value is -6.38. The van der Waals surface area contributed by atoms with Crippen LogP contribution in [0.25, 0.3) is 49.7 Å². The van der Waals surface area contributed by atoms with Gasteiger partial charge in [0.1, 0.15) is 0 Å². The van der Waals surface area contributed by atoms with Crippen LogP contribution in [0, 0.1) is 29.6 Å². The van der Waals surface area contributed by atoms with E-state index >= 15 is 0 Å². The van der Waals surface area contributed by atoms with Gasteiger partial charge in [-0.15, -0.1) is 0 Å². The third kappa shape index (κ3) is 5.14. The van der Waals surface area contributed by atoms with Crippen LogP contribution in [0.3, 0.4) is 0 Å². The number of benzene rings is 7. The molecular formula is C64H56N2. The van der Waals surface area contributed by atoms with Crippen molar-refractivity contribution in [3.63, 3.8) is 0 Å². The van der Waals surface area contributed by atoms with Gasteiger partial charge < -0.3 is 9.47 Å². The van der Waals surface area contributed by atoms with Gasteiger partial charge in [-0.1, -0.05) is 141 Å². The monoisotopic (exact) mass is 852 g/mol. The second kappa shape index (κ2) is 14.1. The van der Waals surface area contributed by atoms with Gasteiger partial charge in [0.2, 0.25) is 0 Å². The zero-order chi connectivity index (χ0) is 43.1. The summed E-state index contributed by atoms with van der Waals surface area (Å²) in [6.45, 7) is 0. The molecular weight excluding hydrogens is 797 g/mol. The van der Waals surface area contributed by atoms with Gasteiger partial charge in [-0.2, -0.15) is 0 Å². The highest BCUT2D eigenvalue weighted by atomic mass is 15.1. The summed E-state index contributed by atoms with van der Waals surface area (Å²) < 4.78 is 2.43. The molecule has 0 N–H and O–H groups in total. The molecule has 66 heavy (non-hydrogen) atoms. The number of nitrogens with zero attached hydrogens (tertiary/aromatic N) is 2. The summed E-state index contributed by atoms with van der Waals surface area (Å²) in [5, 5.41) is 2.57. The van der Waals surface area contributed by atoms with E-state index < -0.39 is 0 Å². The summed E-state index contributed by atoms with van der Waals surface area (Å²) in [4.78, 5) is 2.62. The highest BCUT2D eigenvalue weighted by Gasteiger charge is 2.61. The van der Waals surface area contributed by atoms with E-state index in [1.54, 1.807) is 22.3 Å². The predicted octanol–water partition coefficient (Wildman–Crippen LogP) is 16.7. The molecule has 0 aliphatic heterocycles. The van der Waals surface area contributed by atoms with Crippen molar-refractivity contribution in [2.45, 2.75) is 81.0 Å². The van der Waals surface area contributed by atoms with Crippen molar-refractivity contribution in [1.29, 1.82) is 0 Å². The largest absolute Gasteiger partial charge is 0.310 e. The lowest BCUT2D eigenvalue weighted by Gasteiger charge is -2.61. The number of fused-ring (bicyclic) bond motifs is 11. The van der Waals surface area contributed by atoms with Gasteiger partial charge in [0.05, 0.1) is 11.0 Å². The Morgan fingerprint density at radius 2 is 1.14 bits per heavy atom. The highest BCUT2D eigenvalue weighted by molar-refractivity contribution is 6.10. The molecule has 1 aromatic heterocycles. The number of rotatable bonds is 5. The molecule has 7 aromatic carbocycles. The zero-order valence-corrected chi connectivity index (χ0v) is 37.8. The van der Waals surface area contributed by atoms with Crippen molar-refractivity contribution in [1.82, 2.24) is 4.57 Å². The standard InChI is InChI=1S/C64H56N2/c1-3-13-47(14-4-1)66-61-20-10-7-17-54(61)55-28-23-44(38-62(55)66)43-21-24-48(25-22-43)65(49-27-30-58-56(39-49)52-16-5-8-18-57(52)63(58)31-11-2-12-32-63)50-26-29-53-51-15-6-9-19-59(51)64(60(53)40-50)45-34-41-33-42(36-45)37-46(64)35-41/h1,3-10,13-30,38-42,45-46,52,57H,2,11-12,31-37H2. The topological polar surface area (TPSA) is 8.17 Å². The van der Waals surface area contributed by atoms with Gasteiger partial charge in [-0.05, 0) is 180 Å². The molecule has 8 aliphatic carbocycles. The Balaban J connectivity index is 0.892. The number of para-hydroxylation sites is 2. The van der Waals surface area contributed by atoms with Crippen LogP contribution in [-0.2, 0) is 10.8 Å². The maximum atomic E-state index is 2.68. The van der Waals surface area contributed by atoms with Crippen molar-refractivity contribution < 1.29 is 0 Å². The van der Waals surface area contributed by atoms with E-state index in [1.165, 1.54) is 131 Å². The third-order valence-corrected chi connectivity index (χ3v) is 18.7. The van der Waals surface area contributed by atoms with Gasteiger partial charge >= 0.3 is 0 Å². The highest BCUT2D eigenvalue weighted by Crippen LogP contribution is 2.70. The molecule has 16 rings (SSSR count). The Bertz CT molecular complexity index is 3290. The molecule has 4 bridgehead atoms. The Morgan fingerprint density at radius 1 is 0.470 bits per heavy atom. The van der Waals surface area contributed by atoms with E-state index in [4.69, 9.17) is 0 Å². The quantitative estimate of drug-likeness (QED) is 0.167. The SMILES string of the molecule is C1=CC2c3cc(N(c4ccc(-c5ccc6c7ccccc7n(-c7ccccc7)c6c5)cc4)c4ccc5c(c4)C4(c6ccccc6-5)C5CC6CC(C5)CC4C6)ccc3C3(CCCCC3)C2C=C1. The second-order valence-electron chi connectivity index (χ2n) is 21.6. The third-order valence-electron chi connectivity index (χ3n) is 18.7. The lowest BCUT2D eigenvalue weighted by molar-refractivity contribution is -0.0399. The summed E-state index contributed by atoms with van der Waals surface area (Å²) in [5.74, 6) is 4.27. The van der Waals surface area contributed by atoms with E-state index in [0.717, 1.165) is 23.7 Å². The molecule has 2 spiro atoms. The van der Waals surface area contributed by atoms with E-state index in [2.05, 4.69) is 191 Å². The molecule has 2 unspecified atom stereocenters. The van der Waals surface area contributed by atoms with E-state index in [1.807, 2.05) is 0 Å². The Kier molecular flexibility index (Phi) is 8.06. The molecule has 5 saturated carbocycles. The fourth-order valence-electron chi connectivity index (χ4n) is 16.4. The maximum absolute atomic E-state index is 2.68. The van der Waals surface area contributed by atoms with Gasteiger partial charge in [-0.25, -0.2) is 0 Å². The van der Waals surface area contributed by atoms with Crippen molar-refractivity contribution in [2.75, 3.05) is 4.90 Å². The molecule has 2 atom stereocenters. The van der Waals surface area contributed by atoms with Crippen LogP contribution in [0.4, 0.5) is 17.1 Å². The minimum absolute atomic E-state index is 0.115. The molecule has 322 valence electrons. The Labute approximate surface area is 389 Å². The lowest BCUT2D eigenvalue weighted by atomic mass is 9.43. The minimum Gasteiger partial charge on any atom is -0.310 e. The molecule has 8 aliphatic rings. The first-order chi connectivity index (χ1) is 32.7.